The minimum absolute atomic E-state index is 0.0361. The molecule has 2 aromatic carbocycles. The SMILES string of the molecule is COCCNc1nc(-c2ccc(NC3CCN(C)CC3)c(S(=O)(=O)CC3COCC3Nc3nc(-c4ccc(NC5CCN(C)CC5)c(S(C)(=O)=O)c4)cc4ncn(C)c(=O)c34)c2)cc2ncn(C)c(=O)c12. The lowest BCUT2D eigenvalue weighted by molar-refractivity contribution is 0.187. The van der Waals surface area contributed by atoms with Crippen LogP contribution in [0.2, 0.25) is 0 Å². The van der Waals surface area contributed by atoms with Crippen molar-refractivity contribution in [3.63, 3.8) is 0 Å². The number of fused-ring (bicyclic) bond motifs is 2. The smallest absolute Gasteiger partial charge is 0.264 e. The fourth-order valence-electron chi connectivity index (χ4n) is 9.62. The Morgan fingerprint density at radius 2 is 1.18 bits per heavy atom. The van der Waals surface area contributed by atoms with E-state index >= 15 is 8.42 Å². The third kappa shape index (κ3) is 10.9. The first-order valence-corrected chi connectivity index (χ1v) is 27.4. The van der Waals surface area contributed by atoms with Crippen molar-refractivity contribution in [3.05, 3.63) is 81.9 Å². The molecule has 0 spiro atoms. The van der Waals surface area contributed by atoms with Crippen molar-refractivity contribution in [1.29, 1.82) is 0 Å². The van der Waals surface area contributed by atoms with Crippen LogP contribution < -0.4 is 32.4 Å². The number of nitrogens with zero attached hydrogens (tertiary/aromatic N) is 8. The second-order valence-electron chi connectivity index (χ2n) is 19.2. The van der Waals surface area contributed by atoms with Crippen LogP contribution in [0.5, 0.6) is 0 Å². The van der Waals surface area contributed by atoms with E-state index in [9.17, 15) is 18.0 Å². The number of ether oxygens (including phenoxy) is 2. The Kier molecular flexibility index (Phi) is 14.5. The highest BCUT2D eigenvalue weighted by molar-refractivity contribution is 7.91. The summed E-state index contributed by atoms with van der Waals surface area (Å²) in [6.45, 7) is 4.48. The number of piperidine rings is 2. The Morgan fingerprint density at radius 1 is 0.676 bits per heavy atom. The number of methoxy groups -OCH3 is 1. The Balaban J connectivity index is 1.06. The van der Waals surface area contributed by atoms with Gasteiger partial charge in [0.1, 0.15) is 22.4 Å². The van der Waals surface area contributed by atoms with E-state index in [1.165, 1.54) is 28.0 Å². The lowest BCUT2D eigenvalue weighted by Gasteiger charge is -2.31. The maximum absolute atomic E-state index is 15.1. The summed E-state index contributed by atoms with van der Waals surface area (Å²) in [5.74, 6) is -0.439. The van der Waals surface area contributed by atoms with Gasteiger partial charge in [-0.3, -0.25) is 9.59 Å². The van der Waals surface area contributed by atoms with E-state index in [2.05, 4.69) is 55.1 Å². The van der Waals surface area contributed by atoms with Crippen LogP contribution in [0.3, 0.4) is 0 Å². The first kappa shape index (κ1) is 49.9. The summed E-state index contributed by atoms with van der Waals surface area (Å²) in [5, 5.41) is 14.1. The number of anilines is 4. The zero-order valence-corrected chi connectivity index (χ0v) is 42.6. The second-order valence-corrected chi connectivity index (χ2v) is 23.2. The molecule has 4 N–H and O–H groups in total. The molecular weight excluding hydrogens is 949 g/mol. The molecule has 0 saturated carbocycles. The van der Waals surface area contributed by atoms with E-state index in [1.54, 1.807) is 63.7 Å². The van der Waals surface area contributed by atoms with Gasteiger partial charge in [0.05, 0.1) is 87.9 Å². The van der Waals surface area contributed by atoms with Gasteiger partial charge in [0.25, 0.3) is 11.1 Å². The molecule has 6 aromatic rings. The number of sulfone groups is 2. The average molecular weight is 1010 g/mol. The molecular formula is C49H62N12O8S2. The van der Waals surface area contributed by atoms with Crippen molar-refractivity contribution in [2.75, 3.05) is 107 Å². The van der Waals surface area contributed by atoms with E-state index < -0.39 is 31.6 Å². The Morgan fingerprint density at radius 3 is 1.72 bits per heavy atom. The fraction of sp³-hybridized carbons (Fsp3) is 0.469. The molecule has 3 aliphatic rings. The first-order valence-electron chi connectivity index (χ1n) is 23.9. The highest BCUT2D eigenvalue weighted by atomic mass is 32.2. The molecule has 378 valence electrons. The summed E-state index contributed by atoms with van der Waals surface area (Å²) < 4.78 is 70.7. The van der Waals surface area contributed by atoms with Crippen LogP contribution in [0.25, 0.3) is 44.3 Å². The van der Waals surface area contributed by atoms with E-state index in [-0.39, 0.29) is 63.2 Å². The lowest BCUT2D eigenvalue weighted by atomic mass is 10.0. The number of rotatable bonds is 16. The molecule has 4 aromatic heterocycles. The Bertz CT molecular complexity index is 3320. The minimum Gasteiger partial charge on any atom is -0.383 e. The quantitative estimate of drug-likeness (QED) is 0.101. The molecule has 3 aliphatic heterocycles. The van der Waals surface area contributed by atoms with Gasteiger partial charge in [-0.2, -0.15) is 0 Å². The van der Waals surface area contributed by atoms with Crippen molar-refractivity contribution in [2.45, 2.75) is 53.6 Å². The third-order valence-corrected chi connectivity index (χ3v) is 16.8. The van der Waals surface area contributed by atoms with Gasteiger partial charge in [0.2, 0.25) is 0 Å². The molecule has 0 bridgehead atoms. The largest absolute Gasteiger partial charge is 0.383 e. The molecule has 22 heteroatoms. The zero-order chi connectivity index (χ0) is 50.2. The van der Waals surface area contributed by atoms with Gasteiger partial charge in [0, 0.05) is 63.1 Å². The van der Waals surface area contributed by atoms with Gasteiger partial charge in [-0.15, -0.1) is 0 Å². The molecule has 9 rings (SSSR count). The third-order valence-electron chi connectivity index (χ3n) is 13.8. The van der Waals surface area contributed by atoms with E-state index in [4.69, 9.17) is 19.4 Å². The maximum atomic E-state index is 15.1. The second kappa shape index (κ2) is 20.6. The monoisotopic (exact) mass is 1010 g/mol. The number of nitrogens with one attached hydrogen (secondary N) is 4. The van der Waals surface area contributed by atoms with E-state index in [1.807, 2.05) is 6.07 Å². The van der Waals surface area contributed by atoms with Gasteiger partial charge in [-0.25, -0.2) is 36.8 Å². The number of benzene rings is 2. The van der Waals surface area contributed by atoms with Crippen molar-refractivity contribution in [2.24, 2.45) is 20.0 Å². The van der Waals surface area contributed by atoms with Crippen LogP contribution in [0.4, 0.5) is 23.0 Å². The summed E-state index contributed by atoms with van der Waals surface area (Å²) in [5.41, 5.74) is 2.85. The lowest BCUT2D eigenvalue weighted by Crippen LogP contribution is -2.37. The first-order chi connectivity index (χ1) is 33.9. The van der Waals surface area contributed by atoms with Crippen LogP contribution in [0.15, 0.2) is 80.6 Å². The van der Waals surface area contributed by atoms with Gasteiger partial charge < -0.3 is 49.7 Å². The zero-order valence-electron chi connectivity index (χ0n) is 40.9. The van der Waals surface area contributed by atoms with Crippen molar-refractivity contribution in [1.82, 2.24) is 38.9 Å². The summed E-state index contributed by atoms with van der Waals surface area (Å²) in [4.78, 5) is 50.8. The van der Waals surface area contributed by atoms with Crippen LogP contribution >= 0.6 is 0 Å². The number of hydrogen-bond acceptors (Lipinski definition) is 18. The number of aryl methyl sites for hydroxylation is 2. The predicted octanol–water partition coefficient (Wildman–Crippen LogP) is 3.68. The molecule has 0 aliphatic carbocycles. The Labute approximate surface area is 413 Å². The van der Waals surface area contributed by atoms with E-state index in [0.717, 1.165) is 51.9 Å². The maximum Gasteiger partial charge on any atom is 0.264 e. The molecule has 3 fully saturated rings. The molecule has 3 saturated heterocycles. The van der Waals surface area contributed by atoms with Crippen LogP contribution in [0, 0.1) is 5.92 Å². The number of likely N-dealkylation sites (tertiary alicyclic amines) is 2. The molecule has 2 unspecified atom stereocenters. The summed E-state index contributed by atoms with van der Waals surface area (Å²) >= 11 is 0. The van der Waals surface area contributed by atoms with Crippen molar-refractivity contribution in [3.8, 4) is 22.5 Å². The standard InChI is InChI=1S/C49H62N12O8S2/c1-58-16-11-33(12-17-58)53-35-9-7-30(21-42(35)70(6,64)65)38-24-40-45(49(63)61(4)29-52-40)47(56-38)57-41-26-69-25-32(41)27-71(66,67)43-22-31(8-10-36(43)54-34-13-18-59(2)19-14-34)37-23-39-44(48(62)60(3)28-51-39)46(55-37)50-15-20-68-5/h7-10,21-24,28-29,32-34,41,53-54H,11-20,25-27H2,1-6H3,(H,50,55)(H,56,57). The fourth-order valence-corrected chi connectivity index (χ4v) is 12.3. The van der Waals surface area contributed by atoms with E-state index in [0.29, 0.717) is 69.3 Å². The van der Waals surface area contributed by atoms with Crippen LogP contribution in [-0.2, 0) is 43.2 Å². The molecule has 0 radical (unpaired) electrons. The minimum atomic E-state index is -4.10. The number of hydrogen-bond donors (Lipinski definition) is 4. The highest BCUT2D eigenvalue weighted by Crippen LogP contribution is 2.36. The topological polar surface area (TPSA) is 237 Å². The van der Waals surface area contributed by atoms with Gasteiger partial charge in [-0.1, -0.05) is 12.1 Å². The van der Waals surface area contributed by atoms with Gasteiger partial charge in [-0.05, 0) is 102 Å². The van der Waals surface area contributed by atoms with Crippen LogP contribution in [0.1, 0.15) is 25.7 Å². The number of aromatic nitrogens is 6. The van der Waals surface area contributed by atoms with Crippen molar-refractivity contribution >= 4 is 64.5 Å². The normalized spacial score (nSPS) is 18.8. The Hall–Kier alpha value is -6.04. The molecule has 0 amide bonds. The molecule has 20 nitrogen and oxygen atoms in total. The molecule has 7 heterocycles. The predicted molar refractivity (Wildman–Crippen MR) is 276 cm³/mol. The summed E-state index contributed by atoms with van der Waals surface area (Å²) in [7, 11) is 1.12. The van der Waals surface area contributed by atoms with Gasteiger partial charge in [0.15, 0.2) is 19.7 Å². The highest BCUT2D eigenvalue weighted by Gasteiger charge is 2.36. The molecule has 71 heavy (non-hydrogen) atoms. The van der Waals surface area contributed by atoms with Gasteiger partial charge >= 0.3 is 0 Å². The van der Waals surface area contributed by atoms with Crippen molar-refractivity contribution < 1.29 is 26.3 Å². The summed E-state index contributed by atoms with van der Waals surface area (Å²) in [6, 6.07) is 13.3. The molecule has 2 atom stereocenters. The summed E-state index contributed by atoms with van der Waals surface area (Å²) in [6.07, 6.45) is 7.43. The van der Waals surface area contributed by atoms with Crippen LogP contribution in [-0.4, -0.2) is 160 Å². The average Bonchev–Trinajstić information content (AvgIpc) is 3.77. The number of pyridine rings is 2.